The Morgan fingerprint density at radius 2 is 1.87 bits per heavy atom. The van der Waals surface area contributed by atoms with Crippen molar-refractivity contribution < 1.29 is 4.74 Å². The van der Waals surface area contributed by atoms with Crippen LogP contribution in [-0.4, -0.2) is 11.2 Å². The minimum atomic E-state index is 0.436. The van der Waals surface area contributed by atoms with Crippen LogP contribution in [0.15, 0.2) is 89.3 Å². The van der Waals surface area contributed by atoms with Crippen LogP contribution in [0.2, 0.25) is 0 Å². The Labute approximate surface area is 178 Å². The summed E-state index contributed by atoms with van der Waals surface area (Å²) in [4.78, 5) is 4.55. The van der Waals surface area contributed by atoms with Crippen molar-refractivity contribution in [3.8, 4) is 23.1 Å². The van der Waals surface area contributed by atoms with Gasteiger partial charge in [0.25, 0.3) is 0 Å². The van der Waals surface area contributed by atoms with E-state index < -0.39 is 0 Å². The highest BCUT2D eigenvalue weighted by atomic mass is 32.1. The molecule has 1 N–H and O–H groups in total. The molecule has 1 heterocycles. The zero-order valence-electron chi connectivity index (χ0n) is 16.0. The molecule has 0 atom stereocenters. The summed E-state index contributed by atoms with van der Waals surface area (Å²) in [7, 11) is 0. The summed E-state index contributed by atoms with van der Waals surface area (Å²) >= 11 is 1.51. The van der Waals surface area contributed by atoms with Crippen LogP contribution in [0.3, 0.4) is 0 Å². The summed E-state index contributed by atoms with van der Waals surface area (Å²) in [6, 6.07) is 27.2. The average molecular weight is 411 g/mol. The highest BCUT2D eigenvalue weighted by Gasteiger charge is 2.03. The zero-order chi connectivity index (χ0) is 20.6. The molecule has 0 bridgehead atoms. The molecule has 0 aliphatic heterocycles. The number of anilines is 1. The van der Waals surface area contributed by atoms with Crippen molar-refractivity contribution in [2.24, 2.45) is 5.10 Å². The molecule has 4 rings (SSSR count). The van der Waals surface area contributed by atoms with E-state index in [0.717, 1.165) is 33.3 Å². The Morgan fingerprint density at radius 3 is 2.67 bits per heavy atom. The Bertz CT molecular complexity index is 1180. The van der Waals surface area contributed by atoms with Gasteiger partial charge in [-0.3, -0.25) is 5.43 Å². The molecule has 3 aromatic carbocycles. The first kappa shape index (κ1) is 19.4. The third-order valence-corrected chi connectivity index (χ3v) is 5.04. The third-order valence-electron chi connectivity index (χ3n) is 4.29. The van der Waals surface area contributed by atoms with Crippen LogP contribution < -0.4 is 10.2 Å². The zero-order valence-corrected chi connectivity index (χ0v) is 16.8. The first-order valence-corrected chi connectivity index (χ1v) is 10.2. The number of nitrogens with one attached hydrogen (secondary N) is 1. The lowest BCUT2D eigenvalue weighted by Crippen LogP contribution is -1.96. The fourth-order valence-electron chi connectivity index (χ4n) is 2.76. The van der Waals surface area contributed by atoms with Crippen molar-refractivity contribution in [2.75, 3.05) is 5.43 Å². The molecule has 0 saturated carbocycles. The molecule has 30 heavy (non-hydrogen) atoms. The van der Waals surface area contributed by atoms with Crippen molar-refractivity contribution in [1.82, 2.24) is 4.98 Å². The first-order valence-electron chi connectivity index (χ1n) is 9.32. The molecular formula is C24H18N4OS. The van der Waals surface area contributed by atoms with Crippen molar-refractivity contribution in [1.29, 1.82) is 5.26 Å². The van der Waals surface area contributed by atoms with Gasteiger partial charge in [0.05, 0.1) is 23.5 Å². The van der Waals surface area contributed by atoms with Gasteiger partial charge in [0.15, 0.2) is 0 Å². The molecule has 0 aliphatic carbocycles. The van der Waals surface area contributed by atoms with Gasteiger partial charge in [-0.2, -0.15) is 10.4 Å². The standard InChI is InChI=1S/C24H18N4OS/c25-14-18-9-11-19(12-10-18)16-29-22-8-4-5-20(13-22)15-26-28-24-27-23(17-30-24)21-6-2-1-3-7-21/h1-13,15,17H,16H2,(H,27,28). The molecule has 0 unspecified atom stereocenters. The van der Waals surface area contributed by atoms with Crippen LogP contribution in [0.4, 0.5) is 5.13 Å². The lowest BCUT2D eigenvalue weighted by Gasteiger charge is -2.07. The number of rotatable bonds is 7. The summed E-state index contributed by atoms with van der Waals surface area (Å²) in [5.41, 5.74) is 7.55. The van der Waals surface area contributed by atoms with E-state index in [4.69, 9.17) is 10.00 Å². The lowest BCUT2D eigenvalue weighted by atomic mass is 10.1. The maximum absolute atomic E-state index is 8.86. The monoisotopic (exact) mass is 410 g/mol. The maximum atomic E-state index is 8.86. The second-order valence-electron chi connectivity index (χ2n) is 6.44. The molecular weight excluding hydrogens is 392 g/mol. The van der Waals surface area contributed by atoms with E-state index in [9.17, 15) is 0 Å². The molecule has 1 aromatic heterocycles. The summed E-state index contributed by atoms with van der Waals surface area (Å²) < 4.78 is 5.85. The first-order chi connectivity index (χ1) is 14.8. The van der Waals surface area contributed by atoms with Gasteiger partial charge < -0.3 is 4.74 Å². The molecule has 0 fully saturated rings. The van der Waals surface area contributed by atoms with Crippen LogP contribution >= 0.6 is 11.3 Å². The van der Waals surface area contributed by atoms with E-state index in [1.807, 2.05) is 72.1 Å². The predicted octanol–water partition coefficient (Wildman–Crippen LogP) is 5.71. The molecule has 0 spiro atoms. The Hall–Kier alpha value is -3.95. The van der Waals surface area contributed by atoms with Crippen LogP contribution in [-0.2, 0) is 6.61 Å². The Kier molecular flexibility index (Phi) is 6.13. The normalized spacial score (nSPS) is 10.6. The summed E-state index contributed by atoms with van der Waals surface area (Å²) in [5, 5.41) is 15.9. The number of hydrogen-bond donors (Lipinski definition) is 1. The van der Waals surface area contributed by atoms with E-state index in [-0.39, 0.29) is 0 Å². The summed E-state index contributed by atoms with van der Waals surface area (Å²) in [5.74, 6) is 0.754. The lowest BCUT2D eigenvalue weighted by molar-refractivity contribution is 0.306. The van der Waals surface area contributed by atoms with E-state index in [1.54, 1.807) is 18.3 Å². The smallest absolute Gasteiger partial charge is 0.203 e. The van der Waals surface area contributed by atoms with Crippen LogP contribution in [0, 0.1) is 11.3 Å². The van der Waals surface area contributed by atoms with Crippen molar-refractivity contribution in [2.45, 2.75) is 6.61 Å². The quantitative estimate of drug-likeness (QED) is 0.313. The third kappa shape index (κ3) is 5.10. The van der Waals surface area contributed by atoms with Crippen LogP contribution in [0.1, 0.15) is 16.7 Å². The Balaban J connectivity index is 1.34. The number of nitriles is 1. The van der Waals surface area contributed by atoms with Gasteiger partial charge in [0.1, 0.15) is 12.4 Å². The maximum Gasteiger partial charge on any atom is 0.203 e. The Morgan fingerprint density at radius 1 is 1.03 bits per heavy atom. The molecule has 6 heteroatoms. The molecule has 0 aliphatic rings. The van der Waals surface area contributed by atoms with Crippen LogP contribution in [0.5, 0.6) is 5.75 Å². The van der Waals surface area contributed by atoms with Gasteiger partial charge in [0.2, 0.25) is 5.13 Å². The topological polar surface area (TPSA) is 70.3 Å². The average Bonchev–Trinajstić information content (AvgIpc) is 3.28. The number of aromatic nitrogens is 1. The van der Waals surface area contributed by atoms with E-state index in [1.165, 1.54) is 11.3 Å². The van der Waals surface area contributed by atoms with E-state index >= 15 is 0 Å². The van der Waals surface area contributed by atoms with Gasteiger partial charge in [-0.25, -0.2) is 4.98 Å². The van der Waals surface area contributed by atoms with Gasteiger partial charge in [-0.1, -0.05) is 54.6 Å². The fraction of sp³-hybridized carbons (Fsp3) is 0.0417. The van der Waals surface area contributed by atoms with Crippen molar-refractivity contribution >= 4 is 22.7 Å². The minimum absolute atomic E-state index is 0.436. The minimum Gasteiger partial charge on any atom is -0.489 e. The summed E-state index contributed by atoms with van der Waals surface area (Å²) in [6.07, 6.45) is 1.73. The molecule has 4 aromatic rings. The van der Waals surface area contributed by atoms with Gasteiger partial charge in [-0.05, 0) is 35.4 Å². The number of thiazole rings is 1. The number of ether oxygens (including phenoxy) is 1. The van der Waals surface area contributed by atoms with E-state index in [2.05, 4.69) is 21.6 Å². The largest absolute Gasteiger partial charge is 0.489 e. The van der Waals surface area contributed by atoms with E-state index in [0.29, 0.717) is 12.2 Å². The van der Waals surface area contributed by atoms with Crippen molar-refractivity contribution in [3.05, 3.63) is 101 Å². The predicted molar refractivity (Wildman–Crippen MR) is 121 cm³/mol. The number of nitrogens with zero attached hydrogens (tertiary/aromatic N) is 3. The molecule has 0 radical (unpaired) electrons. The fourth-order valence-corrected chi connectivity index (χ4v) is 3.42. The molecule has 146 valence electrons. The highest BCUT2D eigenvalue weighted by Crippen LogP contribution is 2.24. The molecule has 0 saturated heterocycles. The summed E-state index contributed by atoms with van der Waals surface area (Å²) in [6.45, 7) is 0.436. The number of hydrogen-bond acceptors (Lipinski definition) is 6. The number of benzene rings is 3. The molecule has 5 nitrogen and oxygen atoms in total. The SMILES string of the molecule is N#Cc1ccc(COc2cccc(C=NNc3nc(-c4ccccc4)cs3)c2)cc1. The molecule has 0 amide bonds. The van der Waals surface area contributed by atoms with Gasteiger partial charge >= 0.3 is 0 Å². The van der Waals surface area contributed by atoms with Gasteiger partial charge in [-0.15, -0.1) is 11.3 Å². The van der Waals surface area contributed by atoms with Gasteiger partial charge in [0, 0.05) is 10.9 Å². The second kappa shape index (κ2) is 9.50. The van der Waals surface area contributed by atoms with Crippen LogP contribution in [0.25, 0.3) is 11.3 Å². The highest BCUT2D eigenvalue weighted by molar-refractivity contribution is 7.14. The number of hydrazone groups is 1. The second-order valence-corrected chi connectivity index (χ2v) is 7.30. The van der Waals surface area contributed by atoms with Crippen molar-refractivity contribution in [3.63, 3.8) is 0 Å².